The van der Waals surface area contributed by atoms with Crippen LogP contribution in [0.3, 0.4) is 0 Å². The number of benzene rings is 2. The quantitative estimate of drug-likeness (QED) is 0.769. The predicted molar refractivity (Wildman–Crippen MR) is 103 cm³/mol. The molecule has 3 aliphatic rings. The minimum atomic E-state index is -0.606. The van der Waals surface area contributed by atoms with E-state index in [0.717, 1.165) is 24.0 Å². The largest absolute Gasteiger partial charge is 0.458 e. The maximum absolute atomic E-state index is 10.2. The van der Waals surface area contributed by atoms with E-state index in [4.69, 9.17) is 10.5 Å². The van der Waals surface area contributed by atoms with Crippen molar-refractivity contribution in [3.05, 3.63) is 71.1 Å². The molecule has 5 nitrogen and oxygen atoms in total. The minimum absolute atomic E-state index is 0.0317. The number of hydrogen-bond donors (Lipinski definition) is 3. The molecule has 2 aromatic rings. The topological polar surface area (TPSA) is 83.1 Å². The second-order valence-electron chi connectivity index (χ2n) is 7.50. The van der Waals surface area contributed by atoms with Gasteiger partial charge >= 0.3 is 0 Å². The Morgan fingerprint density at radius 1 is 1.07 bits per heavy atom. The molecule has 0 saturated carbocycles. The molecule has 3 unspecified atom stereocenters. The summed E-state index contributed by atoms with van der Waals surface area (Å²) in [5.41, 5.74) is 17.6. The molecule has 4 N–H and O–H groups in total. The van der Waals surface area contributed by atoms with E-state index in [9.17, 15) is 5.26 Å². The molecule has 1 fully saturated rings. The van der Waals surface area contributed by atoms with Gasteiger partial charge in [-0.15, -0.1) is 0 Å². The summed E-state index contributed by atoms with van der Waals surface area (Å²) in [6.07, 6.45) is 1.75. The number of rotatable bonds is 2. The van der Waals surface area contributed by atoms with E-state index < -0.39 is 5.41 Å². The Labute approximate surface area is 158 Å². The molecule has 1 saturated heterocycles. The summed E-state index contributed by atoms with van der Waals surface area (Å²) in [6.45, 7) is 2.18. The van der Waals surface area contributed by atoms with E-state index in [2.05, 4.69) is 60.2 Å². The molecule has 2 aromatic carbocycles. The lowest BCUT2D eigenvalue weighted by molar-refractivity contribution is 0.0178. The Morgan fingerprint density at radius 2 is 1.70 bits per heavy atom. The number of nitrogens with one attached hydrogen (secondary N) is 2. The van der Waals surface area contributed by atoms with E-state index in [-0.39, 0.29) is 24.1 Å². The van der Waals surface area contributed by atoms with E-state index in [0.29, 0.717) is 5.57 Å². The second-order valence-corrected chi connectivity index (χ2v) is 7.50. The van der Waals surface area contributed by atoms with Crippen LogP contribution in [-0.4, -0.2) is 12.3 Å². The zero-order valence-corrected chi connectivity index (χ0v) is 15.2. The fourth-order valence-electron chi connectivity index (χ4n) is 5.37. The number of hydrogen-bond acceptors (Lipinski definition) is 5. The van der Waals surface area contributed by atoms with Crippen molar-refractivity contribution >= 4 is 0 Å². The van der Waals surface area contributed by atoms with E-state index >= 15 is 0 Å². The van der Waals surface area contributed by atoms with Gasteiger partial charge in [-0.3, -0.25) is 5.43 Å². The monoisotopic (exact) mass is 358 g/mol. The van der Waals surface area contributed by atoms with Crippen molar-refractivity contribution in [3.8, 4) is 17.2 Å². The molecule has 136 valence electrons. The van der Waals surface area contributed by atoms with Crippen LogP contribution >= 0.6 is 0 Å². The number of allylic oxidation sites excluding steroid dienone is 1. The highest BCUT2D eigenvalue weighted by Gasteiger charge is 2.62. The molecular formula is C22H22N4O. The number of hydrazine groups is 1. The standard InChI is InChI=1S/C22H22N4O/c1-2-7-18-19-21(26-25-18)27-20(24)17(12-23)22(19)15-10-5-3-8-13(15)14-9-4-6-11-16(14)22/h3-6,8-11,18-19,21,25-26H,2,7,24H2,1H3. The zero-order chi connectivity index (χ0) is 18.6. The van der Waals surface area contributed by atoms with Crippen LogP contribution in [0.1, 0.15) is 30.9 Å². The molecule has 2 aliphatic heterocycles. The van der Waals surface area contributed by atoms with Crippen molar-refractivity contribution in [2.24, 2.45) is 11.7 Å². The van der Waals surface area contributed by atoms with E-state index in [1.165, 1.54) is 11.1 Å². The van der Waals surface area contributed by atoms with Crippen LogP contribution in [0.5, 0.6) is 0 Å². The van der Waals surface area contributed by atoms with Crippen molar-refractivity contribution in [2.45, 2.75) is 37.5 Å². The Balaban J connectivity index is 1.89. The van der Waals surface area contributed by atoms with Gasteiger partial charge in [0.2, 0.25) is 5.88 Å². The third-order valence-corrected chi connectivity index (χ3v) is 6.27. The Morgan fingerprint density at radius 3 is 2.30 bits per heavy atom. The summed E-state index contributed by atoms with van der Waals surface area (Å²) in [4.78, 5) is 0. The first kappa shape index (κ1) is 16.4. The van der Waals surface area contributed by atoms with Crippen LogP contribution in [0, 0.1) is 17.2 Å². The van der Waals surface area contributed by atoms with Crippen LogP contribution in [0.4, 0.5) is 0 Å². The molecular weight excluding hydrogens is 336 g/mol. The molecule has 0 bridgehead atoms. The minimum Gasteiger partial charge on any atom is -0.458 e. The van der Waals surface area contributed by atoms with Crippen LogP contribution < -0.4 is 16.6 Å². The third kappa shape index (κ3) is 1.94. The smallest absolute Gasteiger partial charge is 0.201 e. The fraction of sp³-hybridized carbons (Fsp3) is 0.318. The lowest BCUT2D eigenvalue weighted by Gasteiger charge is -2.45. The summed E-state index contributed by atoms with van der Waals surface area (Å²) in [5, 5.41) is 10.2. The van der Waals surface area contributed by atoms with Gasteiger partial charge < -0.3 is 10.5 Å². The van der Waals surface area contributed by atoms with Gasteiger partial charge in [-0.05, 0) is 28.7 Å². The predicted octanol–water partition coefficient (Wildman–Crippen LogP) is 2.90. The zero-order valence-electron chi connectivity index (χ0n) is 15.2. The van der Waals surface area contributed by atoms with E-state index in [1.807, 2.05) is 12.1 Å². The van der Waals surface area contributed by atoms with Crippen molar-refractivity contribution in [1.29, 1.82) is 5.26 Å². The summed E-state index contributed by atoms with van der Waals surface area (Å²) in [6, 6.07) is 19.4. The number of ether oxygens (including phenoxy) is 1. The molecule has 1 spiro atoms. The summed E-state index contributed by atoms with van der Waals surface area (Å²) in [7, 11) is 0. The average molecular weight is 358 g/mol. The maximum atomic E-state index is 10.2. The molecule has 5 rings (SSSR count). The number of nitrogens with two attached hydrogens (primary N) is 1. The molecule has 5 heteroatoms. The Hall–Kier alpha value is -2.81. The highest BCUT2D eigenvalue weighted by molar-refractivity contribution is 5.84. The molecule has 0 radical (unpaired) electrons. The van der Waals surface area contributed by atoms with Crippen molar-refractivity contribution in [2.75, 3.05) is 0 Å². The summed E-state index contributed by atoms with van der Waals surface area (Å²) < 4.78 is 5.97. The molecule has 3 atom stereocenters. The first-order valence-electron chi connectivity index (χ1n) is 9.50. The lowest BCUT2D eigenvalue weighted by Crippen LogP contribution is -2.52. The van der Waals surface area contributed by atoms with Gasteiger partial charge in [-0.1, -0.05) is 61.9 Å². The molecule has 2 heterocycles. The highest BCUT2D eigenvalue weighted by atomic mass is 16.5. The first-order valence-corrected chi connectivity index (χ1v) is 9.50. The second kappa shape index (κ2) is 5.85. The van der Waals surface area contributed by atoms with E-state index in [1.54, 1.807) is 0 Å². The number of fused-ring (bicyclic) bond motifs is 7. The SMILES string of the molecule is CCCC1NNC2OC(N)=C(C#N)C3(c4ccccc4-c4ccccc43)C12. The number of nitriles is 1. The van der Waals surface area contributed by atoms with Crippen LogP contribution in [-0.2, 0) is 10.2 Å². The average Bonchev–Trinajstić information content (AvgIpc) is 3.21. The van der Waals surface area contributed by atoms with Gasteiger partial charge in [0.25, 0.3) is 0 Å². The Kier molecular flexibility index (Phi) is 3.55. The first-order chi connectivity index (χ1) is 13.2. The molecule has 0 aromatic heterocycles. The van der Waals surface area contributed by atoms with Gasteiger partial charge in [0.15, 0.2) is 6.23 Å². The van der Waals surface area contributed by atoms with Crippen LogP contribution in [0.25, 0.3) is 11.1 Å². The van der Waals surface area contributed by atoms with Crippen molar-refractivity contribution in [3.63, 3.8) is 0 Å². The highest BCUT2D eigenvalue weighted by Crippen LogP contribution is 2.60. The normalized spacial score (nSPS) is 26.9. The number of nitrogens with zero attached hydrogens (tertiary/aromatic N) is 1. The van der Waals surface area contributed by atoms with Crippen LogP contribution in [0.15, 0.2) is 60.0 Å². The van der Waals surface area contributed by atoms with Gasteiger partial charge in [0.1, 0.15) is 11.6 Å². The fourth-order valence-corrected chi connectivity index (χ4v) is 5.37. The van der Waals surface area contributed by atoms with Crippen molar-refractivity contribution in [1.82, 2.24) is 10.9 Å². The lowest BCUT2D eigenvalue weighted by atomic mass is 9.60. The van der Waals surface area contributed by atoms with Gasteiger partial charge in [0.05, 0.1) is 5.41 Å². The van der Waals surface area contributed by atoms with Gasteiger partial charge in [0, 0.05) is 12.0 Å². The maximum Gasteiger partial charge on any atom is 0.201 e. The third-order valence-electron chi connectivity index (χ3n) is 6.27. The van der Waals surface area contributed by atoms with Gasteiger partial charge in [-0.2, -0.15) is 5.26 Å². The summed E-state index contributed by atoms with van der Waals surface area (Å²) in [5.74, 6) is 0.251. The van der Waals surface area contributed by atoms with Gasteiger partial charge in [-0.25, -0.2) is 5.43 Å². The van der Waals surface area contributed by atoms with Crippen LogP contribution in [0.2, 0.25) is 0 Å². The molecule has 0 amide bonds. The van der Waals surface area contributed by atoms with Crippen molar-refractivity contribution < 1.29 is 4.74 Å². The Bertz CT molecular complexity index is 944. The molecule has 1 aliphatic carbocycles. The summed E-state index contributed by atoms with van der Waals surface area (Å²) >= 11 is 0. The molecule has 27 heavy (non-hydrogen) atoms.